The number of nitrogens with zero attached hydrogens (tertiary/aromatic N) is 3. The van der Waals surface area contributed by atoms with Crippen LogP contribution in [0.15, 0.2) is 24.3 Å². The molecule has 2 aromatic heterocycles. The Hall–Kier alpha value is -1.15. The van der Waals surface area contributed by atoms with Crippen molar-refractivity contribution in [2.45, 2.75) is 6.92 Å². The highest BCUT2D eigenvalue weighted by molar-refractivity contribution is 14.1. The maximum Gasteiger partial charge on any atom is 0.184 e. The lowest BCUT2D eigenvalue weighted by Gasteiger charge is -2.04. The Morgan fingerprint density at radius 1 is 1.28 bits per heavy atom. The number of fused-ring (bicyclic) bond motifs is 1. The molecule has 3 aromatic rings. The fourth-order valence-corrected chi connectivity index (χ4v) is 2.79. The van der Waals surface area contributed by atoms with E-state index in [2.05, 4.69) is 56.9 Å². The first-order chi connectivity index (χ1) is 8.58. The number of H-pyrrole nitrogens is 1. The minimum absolute atomic E-state index is 0.697. The monoisotopic (exact) mass is 370 g/mol. The van der Waals surface area contributed by atoms with Gasteiger partial charge in [-0.3, -0.25) is 4.57 Å². The second-order valence-corrected chi connectivity index (χ2v) is 5.78. The quantitative estimate of drug-likeness (QED) is 0.527. The second-order valence-electron chi connectivity index (χ2n) is 4.15. The van der Waals surface area contributed by atoms with Gasteiger partial charge in [-0.25, -0.2) is 4.68 Å². The summed E-state index contributed by atoms with van der Waals surface area (Å²) in [6.07, 6.45) is 0. The van der Waals surface area contributed by atoms with Crippen LogP contribution in [0.5, 0.6) is 0 Å². The van der Waals surface area contributed by atoms with E-state index >= 15 is 0 Å². The molecule has 0 radical (unpaired) electrons. The first-order valence-electron chi connectivity index (χ1n) is 5.48. The van der Waals surface area contributed by atoms with Gasteiger partial charge in [0.25, 0.3) is 0 Å². The summed E-state index contributed by atoms with van der Waals surface area (Å²) in [5.74, 6) is 0. The SMILES string of the molecule is Cc1nn(C)c2c1[nH]c(=S)n2-c1ccc(I)cc1. The smallest absolute Gasteiger partial charge is 0.184 e. The summed E-state index contributed by atoms with van der Waals surface area (Å²) in [6, 6.07) is 8.26. The van der Waals surface area contributed by atoms with E-state index in [1.807, 2.05) is 23.2 Å². The van der Waals surface area contributed by atoms with Crippen molar-refractivity contribution in [1.82, 2.24) is 19.3 Å². The van der Waals surface area contributed by atoms with Gasteiger partial charge in [-0.2, -0.15) is 5.10 Å². The molecular weight excluding hydrogens is 359 g/mol. The van der Waals surface area contributed by atoms with Crippen LogP contribution in [0.25, 0.3) is 16.9 Å². The molecule has 6 heteroatoms. The Balaban J connectivity index is 2.38. The molecular formula is C12H11IN4S. The maximum atomic E-state index is 5.41. The molecule has 0 aliphatic carbocycles. The van der Waals surface area contributed by atoms with Crippen LogP contribution in [0.3, 0.4) is 0 Å². The fraction of sp³-hybridized carbons (Fsp3) is 0.167. The first kappa shape index (κ1) is 11.9. The van der Waals surface area contributed by atoms with Gasteiger partial charge in [0.1, 0.15) is 5.52 Å². The molecule has 1 aromatic carbocycles. The van der Waals surface area contributed by atoms with E-state index < -0.39 is 0 Å². The van der Waals surface area contributed by atoms with Gasteiger partial charge in [0.2, 0.25) is 0 Å². The van der Waals surface area contributed by atoms with E-state index in [0.29, 0.717) is 4.77 Å². The van der Waals surface area contributed by atoms with Gasteiger partial charge in [0.05, 0.1) is 5.69 Å². The van der Waals surface area contributed by atoms with Crippen LogP contribution >= 0.6 is 34.8 Å². The molecule has 18 heavy (non-hydrogen) atoms. The van der Waals surface area contributed by atoms with Gasteiger partial charge in [0.15, 0.2) is 10.4 Å². The van der Waals surface area contributed by atoms with Crippen LogP contribution in [0, 0.1) is 15.3 Å². The highest BCUT2D eigenvalue weighted by Crippen LogP contribution is 2.21. The Labute approximate surface area is 123 Å². The van der Waals surface area contributed by atoms with Crippen LogP contribution in [0.4, 0.5) is 0 Å². The lowest BCUT2D eigenvalue weighted by Crippen LogP contribution is -2.00. The van der Waals surface area contributed by atoms with Crippen LogP contribution in [-0.4, -0.2) is 19.3 Å². The molecule has 3 rings (SSSR count). The van der Waals surface area contributed by atoms with E-state index in [9.17, 15) is 0 Å². The number of rotatable bonds is 1. The topological polar surface area (TPSA) is 38.5 Å². The summed E-state index contributed by atoms with van der Waals surface area (Å²) in [6.45, 7) is 1.98. The lowest BCUT2D eigenvalue weighted by atomic mass is 10.3. The number of aromatic amines is 1. The van der Waals surface area contributed by atoms with Crippen molar-refractivity contribution in [2.75, 3.05) is 0 Å². The van der Waals surface area contributed by atoms with Crippen molar-refractivity contribution >= 4 is 46.0 Å². The molecule has 0 aliphatic heterocycles. The number of aromatic nitrogens is 4. The third-order valence-corrected chi connectivity index (χ3v) is 3.93. The van der Waals surface area contributed by atoms with Crippen molar-refractivity contribution < 1.29 is 0 Å². The minimum Gasteiger partial charge on any atom is -0.327 e. The summed E-state index contributed by atoms with van der Waals surface area (Å²) in [7, 11) is 1.93. The maximum absolute atomic E-state index is 5.41. The Bertz CT molecular complexity index is 779. The molecule has 1 N–H and O–H groups in total. The predicted octanol–water partition coefficient (Wildman–Crippen LogP) is 3.33. The van der Waals surface area contributed by atoms with Gasteiger partial charge >= 0.3 is 0 Å². The molecule has 0 aliphatic rings. The van der Waals surface area contributed by atoms with Crippen molar-refractivity contribution in [2.24, 2.45) is 7.05 Å². The molecule has 2 heterocycles. The molecule has 0 unspecified atom stereocenters. The van der Waals surface area contributed by atoms with Crippen LogP contribution in [0.2, 0.25) is 0 Å². The predicted molar refractivity (Wildman–Crippen MR) is 82.7 cm³/mol. The van der Waals surface area contributed by atoms with Gasteiger partial charge < -0.3 is 4.98 Å². The fourth-order valence-electron chi connectivity index (χ4n) is 2.14. The van der Waals surface area contributed by atoms with E-state index in [-0.39, 0.29) is 0 Å². The van der Waals surface area contributed by atoms with Crippen LogP contribution < -0.4 is 0 Å². The van der Waals surface area contributed by atoms with Crippen LogP contribution in [0.1, 0.15) is 5.69 Å². The molecule has 0 spiro atoms. The largest absolute Gasteiger partial charge is 0.327 e. The van der Waals surface area contributed by atoms with E-state index in [1.54, 1.807) is 0 Å². The van der Waals surface area contributed by atoms with E-state index in [1.165, 1.54) is 3.57 Å². The van der Waals surface area contributed by atoms with Crippen molar-refractivity contribution in [3.63, 3.8) is 0 Å². The minimum atomic E-state index is 0.697. The number of hydrogen-bond donors (Lipinski definition) is 1. The standard InChI is InChI=1S/C12H11IN4S/c1-7-10-11(16(2)15-7)17(12(18)14-10)9-5-3-8(13)4-6-9/h3-6H,1-2H3,(H,14,18). The molecule has 0 saturated carbocycles. The zero-order chi connectivity index (χ0) is 12.9. The number of aryl methyl sites for hydroxylation is 2. The molecule has 0 bridgehead atoms. The molecule has 0 amide bonds. The zero-order valence-electron chi connectivity index (χ0n) is 9.94. The van der Waals surface area contributed by atoms with E-state index in [0.717, 1.165) is 22.5 Å². The number of halogens is 1. The molecule has 92 valence electrons. The average molecular weight is 370 g/mol. The summed E-state index contributed by atoms with van der Waals surface area (Å²) in [4.78, 5) is 3.22. The summed E-state index contributed by atoms with van der Waals surface area (Å²) < 4.78 is 5.77. The van der Waals surface area contributed by atoms with Crippen molar-refractivity contribution in [3.8, 4) is 5.69 Å². The first-order valence-corrected chi connectivity index (χ1v) is 6.97. The molecule has 0 fully saturated rings. The zero-order valence-corrected chi connectivity index (χ0v) is 12.9. The average Bonchev–Trinajstić information content (AvgIpc) is 2.79. The third kappa shape index (κ3) is 1.71. The van der Waals surface area contributed by atoms with Gasteiger partial charge in [-0.15, -0.1) is 0 Å². The summed E-state index contributed by atoms with van der Waals surface area (Å²) in [5.41, 5.74) is 4.01. The highest BCUT2D eigenvalue weighted by Gasteiger charge is 2.13. The normalized spacial score (nSPS) is 11.3. The third-order valence-electron chi connectivity index (χ3n) is 2.92. The number of benzene rings is 1. The summed E-state index contributed by atoms with van der Waals surface area (Å²) >= 11 is 7.70. The molecule has 4 nitrogen and oxygen atoms in total. The van der Waals surface area contributed by atoms with Crippen molar-refractivity contribution in [1.29, 1.82) is 0 Å². The van der Waals surface area contributed by atoms with Crippen molar-refractivity contribution in [3.05, 3.63) is 38.3 Å². The summed E-state index contributed by atoms with van der Waals surface area (Å²) in [5, 5.41) is 4.41. The number of hydrogen-bond acceptors (Lipinski definition) is 2. The second kappa shape index (κ2) is 4.20. The highest BCUT2D eigenvalue weighted by atomic mass is 127. The van der Waals surface area contributed by atoms with Crippen LogP contribution in [-0.2, 0) is 7.05 Å². The number of nitrogens with one attached hydrogen (secondary N) is 1. The van der Waals surface area contributed by atoms with E-state index in [4.69, 9.17) is 12.2 Å². The lowest BCUT2D eigenvalue weighted by molar-refractivity contribution is 0.759. The van der Waals surface area contributed by atoms with Gasteiger partial charge in [-0.05, 0) is 66.0 Å². The Morgan fingerprint density at radius 3 is 2.61 bits per heavy atom. The number of imidazole rings is 1. The molecule has 0 saturated heterocycles. The molecule has 0 atom stereocenters. The van der Waals surface area contributed by atoms with Gasteiger partial charge in [-0.1, -0.05) is 0 Å². The Kier molecular flexibility index (Phi) is 2.78. The van der Waals surface area contributed by atoms with Gasteiger partial charge in [0, 0.05) is 16.3 Å². The Morgan fingerprint density at radius 2 is 1.94 bits per heavy atom.